The standard InChI is InChI=1S/C30H30N4O2/c1-4-19-14-22-23(15-25(19)34-10-7-20(8-11-34)26-17-32-9-12-36-26)30(2,3)29-27(28(22)35)21-6-5-18(16-31)13-24(21)33-29/h1,5-6,13-15,20,26,32-33H,7-12,17H2,2-3H3. The SMILES string of the molecule is C#Cc1cc2c(cc1N1CCC(C3CNCCO3)CC1)C(C)(C)c1[nH]c3cc(C#N)ccc3c1C2=O. The van der Waals surface area contributed by atoms with Crippen molar-refractivity contribution in [2.75, 3.05) is 37.7 Å². The Morgan fingerprint density at radius 2 is 2.00 bits per heavy atom. The third kappa shape index (κ3) is 3.45. The number of fused-ring (bicyclic) bond motifs is 4. The highest BCUT2D eigenvalue weighted by Crippen LogP contribution is 2.46. The molecule has 0 radical (unpaired) electrons. The van der Waals surface area contributed by atoms with Crippen LogP contribution >= 0.6 is 0 Å². The number of anilines is 1. The molecule has 182 valence electrons. The van der Waals surface area contributed by atoms with E-state index in [0.29, 0.717) is 22.6 Å². The van der Waals surface area contributed by atoms with Crippen LogP contribution in [0.25, 0.3) is 10.9 Å². The Kier molecular flexibility index (Phi) is 5.41. The molecule has 0 amide bonds. The van der Waals surface area contributed by atoms with Gasteiger partial charge in [-0.25, -0.2) is 0 Å². The molecule has 0 bridgehead atoms. The van der Waals surface area contributed by atoms with Crippen molar-refractivity contribution in [2.24, 2.45) is 5.92 Å². The molecule has 3 heterocycles. The largest absolute Gasteiger partial charge is 0.375 e. The van der Waals surface area contributed by atoms with Crippen molar-refractivity contribution >= 4 is 22.4 Å². The number of ether oxygens (including phenoxy) is 1. The second-order valence-corrected chi connectivity index (χ2v) is 10.7. The van der Waals surface area contributed by atoms with E-state index in [1.165, 1.54) is 0 Å². The molecular weight excluding hydrogens is 448 g/mol. The normalized spacial score (nSPS) is 21.5. The first-order valence-electron chi connectivity index (χ1n) is 12.8. The van der Waals surface area contributed by atoms with Gasteiger partial charge in [0.2, 0.25) is 0 Å². The van der Waals surface area contributed by atoms with Gasteiger partial charge < -0.3 is 19.9 Å². The second-order valence-electron chi connectivity index (χ2n) is 10.7. The third-order valence-corrected chi connectivity index (χ3v) is 8.35. The molecule has 6 heteroatoms. The fraction of sp³-hybridized carbons (Fsp3) is 0.400. The number of nitrogens with zero attached hydrogens (tertiary/aromatic N) is 2. The zero-order chi connectivity index (χ0) is 25.0. The number of nitriles is 1. The molecular formula is C30H30N4O2. The molecule has 1 atom stereocenters. The summed E-state index contributed by atoms with van der Waals surface area (Å²) in [6, 6.07) is 11.7. The van der Waals surface area contributed by atoms with Crippen LogP contribution in [0.3, 0.4) is 0 Å². The van der Waals surface area contributed by atoms with E-state index in [1.54, 1.807) is 6.07 Å². The monoisotopic (exact) mass is 478 g/mol. The molecule has 36 heavy (non-hydrogen) atoms. The van der Waals surface area contributed by atoms with Crippen molar-refractivity contribution in [2.45, 2.75) is 38.2 Å². The van der Waals surface area contributed by atoms with E-state index in [1.807, 2.05) is 18.2 Å². The smallest absolute Gasteiger partial charge is 0.195 e. The topological polar surface area (TPSA) is 81.2 Å². The lowest BCUT2D eigenvalue weighted by molar-refractivity contribution is -0.0155. The van der Waals surface area contributed by atoms with E-state index >= 15 is 0 Å². The molecule has 3 aromatic rings. The van der Waals surface area contributed by atoms with Gasteiger partial charge in [0.05, 0.1) is 35.6 Å². The highest BCUT2D eigenvalue weighted by molar-refractivity contribution is 6.20. The number of morpholine rings is 1. The molecule has 1 aliphatic carbocycles. The lowest BCUT2D eigenvalue weighted by Gasteiger charge is -2.40. The maximum atomic E-state index is 13.8. The lowest BCUT2D eigenvalue weighted by Crippen LogP contribution is -2.46. The van der Waals surface area contributed by atoms with Gasteiger partial charge in [0, 0.05) is 59.3 Å². The molecule has 6 nitrogen and oxygen atoms in total. The van der Waals surface area contributed by atoms with Gasteiger partial charge in [0.25, 0.3) is 0 Å². The number of aromatic amines is 1. The summed E-state index contributed by atoms with van der Waals surface area (Å²) >= 11 is 0. The third-order valence-electron chi connectivity index (χ3n) is 8.35. The van der Waals surface area contributed by atoms with Crippen LogP contribution in [-0.2, 0) is 10.2 Å². The van der Waals surface area contributed by atoms with E-state index < -0.39 is 5.41 Å². The summed E-state index contributed by atoms with van der Waals surface area (Å²) in [5, 5.41) is 13.6. The maximum absolute atomic E-state index is 13.8. The van der Waals surface area contributed by atoms with Gasteiger partial charge in [-0.2, -0.15) is 5.26 Å². The summed E-state index contributed by atoms with van der Waals surface area (Å²) in [7, 11) is 0. The van der Waals surface area contributed by atoms with Crippen molar-refractivity contribution in [3.8, 4) is 18.4 Å². The lowest BCUT2D eigenvalue weighted by atomic mass is 9.70. The van der Waals surface area contributed by atoms with Gasteiger partial charge in [-0.3, -0.25) is 4.79 Å². The van der Waals surface area contributed by atoms with Gasteiger partial charge in [0.15, 0.2) is 5.78 Å². The van der Waals surface area contributed by atoms with Gasteiger partial charge in [0.1, 0.15) is 0 Å². The number of hydrogen-bond acceptors (Lipinski definition) is 5. The van der Waals surface area contributed by atoms with Crippen LogP contribution in [0.5, 0.6) is 0 Å². The van der Waals surface area contributed by atoms with Crippen molar-refractivity contribution in [3.63, 3.8) is 0 Å². The fourth-order valence-electron chi connectivity index (χ4n) is 6.31. The minimum atomic E-state index is -0.424. The Labute approximate surface area is 211 Å². The van der Waals surface area contributed by atoms with E-state index in [9.17, 15) is 10.1 Å². The van der Waals surface area contributed by atoms with Crippen LogP contribution in [0.4, 0.5) is 5.69 Å². The number of aromatic nitrogens is 1. The highest BCUT2D eigenvalue weighted by Gasteiger charge is 2.41. The first kappa shape index (κ1) is 22.9. The van der Waals surface area contributed by atoms with Gasteiger partial charge in [-0.05, 0) is 48.6 Å². The molecule has 0 spiro atoms. The molecule has 2 N–H and O–H groups in total. The van der Waals surface area contributed by atoms with Gasteiger partial charge in [-0.1, -0.05) is 25.8 Å². The van der Waals surface area contributed by atoms with E-state index in [-0.39, 0.29) is 11.9 Å². The maximum Gasteiger partial charge on any atom is 0.195 e. The van der Waals surface area contributed by atoms with Crippen molar-refractivity contribution in [3.05, 3.63) is 63.8 Å². The Balaban J connectivity index is 1.38. The Bertz CT molecular complexity index is 1450. The Morgan fingerprint density at radius 1 is 1.19 bits per heavy atom. The predicted molar refractivity (Wildman–Crippen MR) is 140 cm³/mol. The number of rotatable bonds is 2. The Morgan fingerprint density at radius 3 is 2.69 bits per heavy atom. The summed E-state index contributed by atoms with van der Waals surface area (Å²) in [6.45, 7) is 8.78. The van der Waals surface area contributed by atoms with Crippen LogP contribution in [-0.4, -0.2) is 49.7 Å². The number of terminal acetylenes is 1. The number of benzene rings is 2. The first-order chi connectivity index (χ1) is 17.4. The van der Waals surface area contributed by atoms with Gasteiger partial charge >= 0.3 is 0 Å². The molecule has 1 aromatic heterocycles. The van der Waals surface area contributed by atoms with Crippen LogP contribution in [0.1, 0.15) is 65.0 Å². The van der Waals surface area contributed by atoms with Crippen LogP contribution in [0, 0.1) is 29.6 Å². The molecule has 2 aliphatic heterocycles. The van der Waals surface area contributed by atoms with Crippen LogP contribution < -0.4 is 10.2 Å². The number of piperidine rings is 1. The molecule has 6 rings (SSSR count). The molecule has 2 aromatic carbocycles. The minimum Gasteiger partial charge on any atom is -0.375 e. The predicted octanol–water partition coefficient (Wildman–Crippen LogP) is 4.10. The molecule has 2 saturated heterocycles. The number of H-pyrrole nitrogens is 1. The van der Waals surface area contributed by atoms with E-state index in [4.69, 9.17) is 11.2 Å². The number of hydrogen-bond donors (Lipinski definition) is 2. The zero-order valence-electron chi connectivity index (χ0n) is 20.8. The number of ketones is 1. The summed E-state index contributed by atoms with van der Waals surface area (Å²) in [5.41, 5.74) is 5.99. The van der Waals surface area contributed by atoms with E-state index in [2.05, 4.69) is 47.1 Å². The van der Waals surface area contributed by atoms with Crippen molar-refractivity contribution in [1.82, 2.24) is 10.3 Å². The van der Waals surface area contributed by atoms with Crippen molar-refractivity contribution in [1.29, 1.82) is 5.26 Å². The molecule has 1 unspecified atom stereocenters. The molecule has 2 fully saturated rings. The van der Waals surface area contributed by atoms with Gasteiger partial charge in [-0.15, -0.1) is 6.42 Å². The number of carbonyl (C=O) groups is 1. The molecule has 0 saturated carbocycles. The van der Waals surface area contributed by atoms with Crippen LogP contribution in [0.15, 0.2) is 30.3 Å². The summed E-state index contributed by atoms with van der Waals surface area (Å²) in [5.74, 6) is 3.40. The fourth-order valence-corrected chi connectivity index (χ4v) is 6.31. The number of nitrogens with one attached hydrogen (secondary N) is 2. The minimum absolute atomic E-state index is 0.0148. The van der Waals surface area contributed by atoms with Crippen molar-refractivity contribution < 1.29 is 9.53 Å². The summed E-state index contributed by atoms with van der Waals surface area (Å²) < 4.78 is 6.02. The molecule has 3 aliphatic rings. The Hall–Kier alpha value is -3.58. The number of carbonyl (C=O) groups excluding carboxylic acids is 1. The average molecular weight is 479 g/mol. The van der Waals surface area contributed by atoms with Crippen LogP contribution in [0.2, 0.25) is 0 Å². The highest BCUT2D eigenvalue weighted by atomic mass is 16.5. The zero-order valence-corrected chi connectivity index (χ0v) is 20.8. The average Bonchev–Trinajstić information content (AvgIpc) is 3.32. The summed E-state index contributed by atoms with van der Waals surface area (Å²) in [4.78, 5) is 19.7. The quantitative estimate of drug-likeness (QED) is 0.542. The first-order valence-corrected chi connectivity index (χ1v) is 12.8. The second kappa shape index (κ2) is 8.52. The summed E-state index contributed by atoms with van der Waals surface area (Å²) in [6.07, 6.45) is 8.40. The van der Waals surface area contributed by atoms with E-state index in [0.717, 1.165) is 79.0 Å².